The second kappa shape index (κ2) is 5.10. The topological polar surface area (TPSA) is 27.8 Å². The van der Waals surface area contributed by atoms with Crippen LogP contribution in [0.15, 0.2) is 59.2 Å². The fourth-order valence-corrected chi connectivity index (χ4v) is 2.49. The van der Waals surface area contributed by atoms with Gasteiger partial charge in [0.05, 0.1) is 0 Å². The monoisotopic (exact) mass is 314 g/mol. The van der Waals surface area contributed by atoms with E-state index >= 15 is 0 Å². The van der Waals surface area contributed by atoms with E-state index in [1.54, 1.807) is 0 Å². The van der Waals surface area contributed by atoms with Gasteiger partial charge in [0.15, 0.2) is 0 Å². The van der Waals surface area contributed by atoms with E-state index in [-0.39, 0.29) is 6.04 Å². The van der Waals surface area contributed by atoms with Gasteiger partial charge in [-0.2, -0.15) is 0 Å². The van der Waals surface area contributed by atoms with Crippen LogP contribution < -0.4 is 5.32 Å². The van der Waals surface area contributed by atoms with Crippen molar-refractivity contribution in [1.29, 1.82) is 0 Å². The Morgan fingerprint density at radius 3 is 2.63 bits per heavy atom. The highest BCUT2D eigenvalue weighted by molar-refractivity contribution is 9.10. The van der Waals surface area contributed by atoms with Crippen molar-refractivity contribution in [2.75, 3.05) is 5.32 Å². The van der Waals surface area contributed by atoms with Crippen molar-refractivity contribution < 1.29 is 0 Å². The molecule has 0 bridgehead atoms. The van der Waals surface area contributed by atoms with Crippen molar-refractivity contribution in [1.82, 2.24) is 4.98 Å². The minimum absolute atomic E-state index is 0.282. The van der Waals surface area contributed by atoms with Gasteiger partial charge < -0.3 is 10.3 Å². The predicted molar refractivity (Wildman–Crippen MR) is 84.5 cm³/mol. The van der Waals surface area contributed by atoms with E-state index in [1.165, 1.54) is 16.5 Å². The number of aromatic nitrogens is 1. The number of aromatic amines is 1. The molecule has 0 fully saturated rings. The van der Waals surface area contributed by atoms with Crippen LogP contribution in [0.3, 0.4) is 0 Å². The summed E-state index contributed by atoms with van der Waals surface area (Å²) in [6.45, 7) is 2.17. The molecule has 0 aliphatic rings. The molecular formula is C16H15BrN2. The molecule has 1 aromatic heterocycles. The van der Waals surface area contributed by atoms with Gasteiger partial charge in [-0.05, 0) is 48.9 Å². The van der Waals surface area contributed by atoms with Crippen molar-refractivity contribution in [3.8, 4) is 0 Å². The Bertz CT molecular complexity index is 685. The Kier molecular flexibility index (Phi) is 3.30. The normalized spacial score (nSPS) is 12.5. The minimum Gasteiger partial charge on any atom is -0.379 e. The Morgan fingerprint density at radius 2 is 1.84 bits per heavy atom. The summed E-state index contributed by atoms with van der Waals surface area (Å²) in [5.74, 6) is 0. The molecule has 0 saturated carbocycles. The lowest BCUT2D eigenvalue weighted by atomic mass is 10.1. The Labute approximate surface area is 121 Å². The van der Waals surface area contributed by atoms with Crippen molar-refractivity contribution >= 4 is 32.5 Å². The Hall–Kier alpha value is -1.74. The van der Waals surface area contributed by atoms with Crippen LogP contribution in [0.4, 0.5) is 5.69 Å². The summed E-state index contributed by atoms with van der Waals surface area (Å²) >= 11 is 3.46. The maximum absolute atomic E-state index is 3.53. The molecule has 0 radical (unpaired) electrons. The van der Waals surface area contributed by atoms with Crippen molar-refractivity contribution in [2.24, 2.45) is 0 Å². The highest BCUT2D eigenvalue weighted by Crippen LogP contribution is 2.23. The average Bonchev–Trinajstić information content (AvgIpc) is 2.87. The van der Waals surface area contributed by atoms with Gasteiger partial charge in [0, 0.05) is 33.3 Å². The zero-order chi connectivity index (χ0) is 13.2. The van der Waals surface area contributed by atoms with Gasteiger partial charge in [-0.3, -0.25) is 0 Å². The molecule has 2 aromatic carbocycles. The molecule has 1 heterocycles. The van der Waals surface area contributed by atoms with Crippen LogP contribution in [0.2, 0.25) is 0 Å². The molecule has 2 N–H and O–H groups in total. The van der Waals surface area contributed by atoms with Crippen LogP contribution >= 0.6 is 15.9 Å². The van der Waals surface area contributed by atoms with Crippen LogP contribution in [-0.4, -0.2) is 4.98 Å². The number of rotatable bonds is 3. The number of hydrogen-bond donors (Lipinski definition) is 2. The summed E-state index contributed by atoms with van der Waals surface area (Å²) in [6, 6.07) is 17.2. The smallest absolute Gasteiger partial charge is 0.0485 e. The lowest BCUT2D eigenvalue weighted by molar-refractivity contribution is 0.885. The van der Waals surface area contributed by atoms with Gasteiger partial charge in [0.1, 0.15) is 0 Å². The predicted octanol–water partition coefficient (Wildman–Crippen LogP) is 5.10. The fourth-order valence-electron chi connectivity index (χ4n) is 2.23. The third kappa shape index (κ3) is 2.66. The Morgan fingerprint density at radius 1 is 1.05 bits per heavy atom. The maximum Gasteiger partial charge on any atom is 0.0485 e. The van der Waals surface area contributed by atoms with Crippen LogP contribution in [0.5, 0.6) is 0 Å². The molecule has 3 heteroatoms. The van der Waals surface area contributed by atoms with E-state index < -0.39 is 0 Å². The van der Waals surface area contributed by atoms with Crippen molar-refractivity contribution in [3.63, 3.8) is 0 Å². The summed E-state index contributed by atoms with van der Waals surface area (Å²) in [5, 5.41) is 4.76. The van der Waals surface area contributed by atoms with Gasteiger partial charge in [-0.15, -0.1) is 0 Å². The first-order chi connectivity index (χ1) is 9.22. The maximum atomic E-state index is 3.53. The molecule has 2 nitrogen and oxygen atoms in total. The first kappa shape index (κ1) is 12.3. The van der Waals surface area contributed by atoms with E-state index in [0.717, 1.165) is 10.2 Å². The summed E-state index contributed by atoms with van der Waals surface area (Å²) in [4.78, 5) is 3.21. The third-order valence-corrected chi connectivity index (χ3v) is 3.84. The van der Waals surface area contributed by atoms with E-state index in [1.807, 2.05) is 6.20 Å². The van der Waals surface area contributed by atoms with E-state index in [2.05, 4.69) is 81.7 Å². The lowest BCUT2D eigenvalue weighted by Gasteiger charge is -2.16. The zero-order valence-electron chi connectivity index (χ0n) is 10.7. The summed E-state index contributed by atoms with van der Waals surface area (Å²) in [6.07, 6.45) is 1.96. The van der Waals surface area contributed by atoms with Gasteiger partial charge in [0.2, 0.25) is 0 Å². The number of anilines is 1. The molecule has 96 valence electrons. The van der Waals surface area contributed by atoms with E-state index in [4.69, 9.17) is 0 Å². The third-order valence-electron chi connectivity index (χ3n) is 3.31. The van der Waals surface area contributed by atoms with Gasteiger partial charge >= 0.3 is 0 Å². The average molecular weight is 315 g/mol. The summed E-state index contributed by atoms with van der Waals surface area (Å²) in [5.41, 5.74) is 3.58. The molecule has 0 aliphatic carbocycles. The van der Waals surface area contributed by atoms with Crippen LogP contribution in [0.1, 0.15) is 18.5 Å². The molecule has 19 heavy (non-hydrogen) atoms. The largest absolute Gasteiger partial charge is 0.379 e. The highest BCUT2D eigenvalue weighted by atomic mass is 79.9. The lowest BCUT2D eigenvalue weighted by Crippen LogP contribution is -2.06. The van der Waals surface area contributed by atoms with Gasteiger partial charge in [-0.25, -0.2) is 0 Å². The fraction of sp³-hybridized carbons (Fsp3) is 0.125. The Balaban J connectivity index is 1.81. The number of halogens is 1. The zero-order valence-corrected chi connectivity index (χ0v) is 12.2. The molecular weight excluding hydrogens is 300 g/mol. The number of H-pyrrole nitrogens is 1. The molecule has 0 aliphatic heterocycles. The van der Waals surface area contributed by atoms with Crippen molar-refractivity contribution in [2.45, 2.75) is 13.0 Å². The first-order valence-electron chi connectivity index (χ1n) is 6.31. The SMILES string of the molecule is CC(Nc1ccc2[nH]ccc2c1)c1ccc(Br)cc1. The van der Waals surface area contributed by atoms with Crippen molar-refractivity contribution in [3.05, 3.63) is 64.8 Å². The molecule has 1 atom stereocenters. The van der Waals surface area contributed by atoms with E-state index in [0.29, 0.717) is 0 Å². The molecule has 0 amide bonds. The molecule has 3 aromatic rings. The molecule has 0 saturated heterocycles. The second-order valence-corrected chi connectivity index (χ2v) is 5.61. The van der Waals surface area contributed by atoms with Gasteiger partial charge in [0.25, 0.3) is 0 Å². The molecule has 0 spiro atoms. The van der Waals surface area contributed by atoms with Crippen LogP contribution in [-0.2, 0) is 0 Å². The van der Waals surface area contributed by atoms with Gasteiger partial charge in [-0.1, -0.05) is 28.1 Å². The first-order valence-corrected chi connectivity index (χ1v) is 7.11. The van der Waals surface area contributed by atoms with Crippen LogP contribution in [0.25, 0.3) is 10.9 Å². The quantitative estimate of drug-likeness (QED) is 0.691. The number of fused-ring (bicyclic) bond motifs is 1. The minimum atomic E-state index is 0.282. The van der Waals surface area contributed by atoms with E-state index in [9.17, 15) is 0 Å². The molecule has 3 rings (SSSR count). The standard InChI is InChI=1S/C16H15BrN2/c1-11(12-2-4-14(17)5-3-12)19-15-6-7-16-13(10-15)8-9-18-16/h2-11,18-19H,1H3. The number of benzene rings is 2. The highest BCUT2D eigenvalue weighted by Gasteiger charge is 2.05. The summed E-state index contributed by atoms with van der Waals surface area (Å²) in [7, 11) is 0. The summed E-state index contributed by atoms with van der Waals surface area (Å²) < 4.78 is 1.11. The second-order valence-electron chi connectivity index (χ2n) is 4.70. The van der Waals surface area contributed by atoms with Crippen LogP contribution in [0, 0.1) is 0 Å². The number of nitrogens with one attached hydrogen (secondary N) is 2. The molecule has 1 unspecified atom stereocenters. The number of hydrogen-bond acceptors (Lipinski definition) is 1.